The van der Waals surface area contributed by atoms with Crippen LogP contribution in [0.4, 0.5) is 21.5 Å². The van der Waals surface area contributed by atoms with Crippen molar-refractivity contribution in [2.75, 3.05) is 32.4 Å². The van der Waals surface area contributed by atoms with E-state index in [1.165, 1.54) is 26.4 Å². The van der Waals surface area contributed by atoms with Crippen molar-refractivity contribution in [2.24, 2.45) is 0 Å². The summed E-state index contributed by atoms with van der Waals surface area (Å²) in [6, 6.07) is 7.88. The third kappa shape index (κ3) is 3.10. The molecular formula is C15H17FN2O3. The highest BCUT2D eigenvalue weighted by atomic mass is 19.1. The molecule has 0 amide bonds. The molecule has 2 aromatic carbocycles. The fraction of sp³-hybridized carbons (Fsp3) is 0.200. The number of anilines is 3. The van der Waals surface area contributed by atoms with Crippen LogP contribution in [-0.2, 0) is 0 Å². The molecule has 6 heteroatoms. The predicted molar refractivity (Wildman–Crippen MR) is 80.2 cm³/mol. The third-order valence-corrected chi connectivity index (χ3v) is 3.00. The first-order valence-electron chi connectivity index (χ1n) is 6.21. The van der Waals surface area contributed by atoms with E-state index in [0.29, 0.717) is 22.9 Å². The lowest BCUT2D eigenvalue weighted by atomic mass is 10.2. The van der Waals surface area contributed by atoms with Crippen molar-refractivity contribution in [1.29, 1.82) is 0 Å². The molecule has 3 N–H and O–H groups in total. The molecule has 5 nitrogen and oxygen atoms in total. The van der Waals surface area contributed by atoms with Gasteiger partial charge in [-0.1, -0.05) is 0 Å². The summed E-state index contributed by atoms with van der Waals surface area (Å²) in [4.78, 5) is 0. The zero-order chi connectivity index (χ0) is 15.4. The molecular weight excluding hydrogens is 275 g/mol. The molecule has 0 aliphatic carbocycles. The summed E-state index contributed by atoms with van der Waals surface area (Å²) in [6.07, 6.45) is 0. The van der Waals surface area contributed by atoms with Gasteiger partial charge in [0.15, 0.2) is 0 Å². The van der Waals surface area contributed by atoms with Crippen LogP contribution in [0.25, 0.3) is 0 Å². The van der Waals surface area contributed by atoms with Crippen molar-refractivity contribution in [1.82, 2.24) is 0 Å². The van der Waals surface area contributed by atoms with Crippen molar-refractivity contribution < 1.29 is 18.6 Å². The van der Waals surface area contributed by atoms with Gasteiger partial charge in [0.05, 0.1) is 38.4 Å². The number of hydrogen-bond acceptors (Lipinski definition) is 5. The van der Waals surface area contributed by atoms with Crippen LogP contribution in [0.1, 0.15) is 0 Å². The van der Waals surface area contributed by atoms with Crippen molar-refractivity contribution in [2.45, 2.75) is 0 Å². The summed E-state index contributed by atoms with van der Waals surface area (Å²) in [5.74, 6) is 1.09. The van der Waals surface area contributed by atoms with Crippen molar-refractivity contribution in [3.8, 4) is 17.2 Å². The normalized spacial score (nSPS) is 10.1. The first-order chi connectivity index (χ1) is 10.1. The van der Waals surface area contributed by atoms with Gasteiger partial charge in [-0.2, -0.15) is 0 Å². The van der Waals surface area contributed by atoms with Crippen LogP contribution in [0.5, 0.6) is 17.2 Å². The molecule has 2 aromatic rings. The monoisotopic (exact) mass is 292 g/mol. The van der Waals surface area contributed by atoms with E-state index in [-0.39, 0.29) is 11.4 Å². The second-order valence-corrected chi connectivity index (χ2v) is 4.27. The molecule has 0 fully saturated rings. The Bertz CT molecular complexity index is 647. The summed E-state index contributed by atoms with van der Waals surface area (Å²) in [7, 11) is 4.56. The molecule has 2 rings (SSSR count). The third-order valence-electron chi connectivity index (χ3n) is 3.00. The minimum absolute atomic E-state index is 0.229. The first-order valence-corrected chi connectivity index (χ1v) is 6.21. The van der Waals surface area contributed by atoms with Crippen LogP contribution in [0.2, 0.25) is 0 Å². The van der Waals surface area contributed by atoms with Crippen LogP contribution >= 0.6 is 0 Å². The van der Waals surface area contributed by atoms with Crippen molar-refractivity contribution >= 4 is 17.1 Å². The number of hydrogen-bond donors (Lipinski definition) is 2. The number of benzene rings is 2. The predicted octanol–water partition coefficient (Wildman–Crippen LogP) is 3.18. The molecule has 0 saturated carbocycles. The van der Waals surface area contributed by atoms with Gasteiger partial charge in [-0.3, -0.25) is 0 Å². The molecule has 0 aliphatic rings. The van der Waals surface area contributed by atoms with E-state index in [1.807, 2.05) is 0 Å². The number of methoxy groups -OCH3 is 3. The summed E-state index contributed by atoms with van der Waals surface area (Å²) in [5, 5.41) is 2.95. The summed E-state index contributed by atoms with van der Waals surface area (Å²) < 4.78 is 29.5. The summed E-state index contributed by atoms with van der Waals surface area (Å²) >= 11 is 0. The lowest BCUT2D eigenvalue weighted by molar-refractivity contribution is 0.404. The Kier molecular flexibility index (Phi) is 4.37. The molecule has 0 spiro atoms. The zero-order valence-electron chi connectivity index (χ0n) is 12.1. The topological polar surface area (TPSA) is 65.7 Å². The van der Waals surface area contributed by atoms with E-state index in [1.54, 1.807) is 25.3 Å². The van der Waals surface area contributed by atoms with Crippen molar-refractivity contribution in [3.63, 3.8) is 0 Å². The van der Waals surface area contributed by atoms with Crippen LogP contribution in [0.15, 0.2) is 30.3 Å². The van der Waals surface area contributed by atoms with E-state index >= 15 is 0 Å². The van der Waals surface area contributed by atoms with E-state index in [4.69, 9.17) is 19.9 Å². The molecule has 21 heavy (non-hydrogen) atoms. The Hall–Kier alpha value is -2.63. The summed E-state index contributed by atoms with van der Waals surface area (Å²) in [6.45, 7) is 0. The standard InChI is InChI=1S/C15H17FN2O3/c1-19-9-4-5-14(20-2)13(6-9)18-12-8-15(21-3)11(17)7-10(12)16/h4-8,18H,17H2,1-3H3. The molecule has 0 atom stereocenters. The minimum Gasteiger partial charge on any atom is -0.497 e. The highest BCUT2D eigenvalue weighted by Crippen LogP contribution is 2.35. The summed E-state index contributed by atoms with van der Waals surface area (Å²) in [5.41, 5.74) is 6.69. The Morgan fingerprint density at radius 3 is 2.24 bits per heavy atom. The molecule has 0 aromatic heterocycles. The average molecular weight is 292 g/mol. The maximum absolute atomic E-state index is 14.0. The lowest BCUT2D eigenvalue weighted by Crippen LogP contribution is -2.00. The SMILES string of the molecule is COc1ccc(OC)c(Nc2cc(OC)c(N)cc2F)c1. The largest absolute Gasteiger partial charge is 0.497 e. The number of halogens is 1. The molecule has 0 unspecified atom stereocenters. The van der Waals surface area contributed by atoms with E-state index in [9.17, 15) is 4.39 Å². The number of nitrogens with two attached hydrogens (primary N) is 1. The van der Waals surface area contributed by atoms with Crippen LogP contribution < -0.4 is 25.3 Å². The quantitative estimate of drug-likeness (QED) is 0.829. The number of rotatable bonds is 5. The van der Waals surface area contributed by atoms with E-state index in [2.05, 4.69) is 5.32 Å². The molecule has 112 valence electrons. The molecule has 0 radical (unpaired) electrons. The van der Waals surface area contributed by atoms with Crippen molar-refractivity contribution in [3.05, 3.63) is 36.1 Å². The fourth-order valence-electron chi connectivity index (χ4n) is 1.90. The van der Waals surface area contributed by atoms with Gasteiger partial charge in [-0.15, -0.1) is 0 Å². The Balaban J connectivity index is 2.41. The Morgan fingerprint density at radius 1 is 0.905 bits per heavy atom. The van der Waals surface area contributed by atoms with Gasteiger partial charge >= 0.3 is 0 Å². The van der Waals surface area contributed by atoms with Gasteiger partial charge < -0.3 is 25.3 Å². The Morgan fingerprint density at radius 2 is 1.62 bits per heavy atom. The number of ether oxygens (including phenoxy) is 3. The van der Waals surface area contributed by atoms with E-state index < -0.39 is 5.82 Å². The first kappa shape index (κ1) is 14.8. The zero-order valence-corrected chi connectivity index (χ0v) is 12.1. The van der Waals surface area contributed by atoms with Gasteiger partial charge in [-0.05, 0) is 12.1 Å². The molecule has 0 saturated heterocycles. The molecule has 0 bridgehead atoms. The highest BCUT2D eigenvalue weighted by Gasteiger charge is 2.11. The maximum atomic E-state index is 14.0. The Labute approximate surface area is 122 Å². The van der Waals surface area contributed by atoms with Crippen LogP contribution in [0.3, 0.4) is 0 Å². The second kappa shape index (κ2) is 6.21. The lowest BCUT2D eigenvalue weighted by Gasteiger charge is -2.14. The molecule has 0 aliphatic heterocycles. The highest BCUT2D eigenvalue weighted by molar-refractivity contribution is 5.72. The van der Waals surface area contributed by atoms with Gasteiger partial charge in [0.1, 0.15) is 23.1 Å². The minimum atomic E-state index is -0.488. The number of nitrogens with one attached hydrogen (secondary N) is 1. The second-order valence-electron chi connectivity index (χ2n) is 4.27. The maximum Gasteiger partial charge on any atom is 0.148 e. The fourth-order valence-corrected chi connectivity index (χ4v) is 1.90. The number of nitrogen functional groups attached to an aromatic ring is 1. The van der Waals surface area contributed by atoms with Gasteiger partial charge in [0.25, 0.3) is 0 Å². The molecule has 0 heterocycles. The average Bonchev–Trinajstić information content (AvgIpc) is 2.49. The van der Waals surface area contributed by atoms with Crippen LogP contribution in [-0.4, -0.2) is 21.3 Å². The van der Waals surface area contributed by atoms with Gasteiger partial charge in [0.2, 0.25) is 0 Å². The van der Waals surface area contributed by atoms with Crippen LogP contribution in [0, 0.1) is 5.82 Å². The van der Waals surface area contributed by atoms with Gasteiger partial charge in [-0.25, -0.2) is 4.39 Å². The van der Waals surface area contributed by atoms with Gasteiger partial charge in [0, 0.05) is 18.2 Å². The smallest absolute Gasteiger partial charge is 0.148 e. The van der Waals surface area contributed by atoms with E-state index in [0.717, 1.165) is 0 Å².